The van der Waals surface area contributed by atoms with E-state index in [-0.39, 0.29) is 23.7 Å². The zero-order valence-electron chi connectivity index (χ0n) is 8.82. The van der Waals surface area contributed by atoms with Gasteiger partial charge in [-0.25, -0.2) is 0 Å². The molecule has 1 heterocycles. The second kappa shape index (κ2) is 4.44. The van der Waals surface area contributed by atoms with Gasteiger partial charge in [-0.05, 0) is 12.8 Å². The number of piperidine rings is 1. The van der Waals surface area contributed by atoms with Gasteiger partial charge in [0.15, 0.2) is 0 Å². The van der Waals surface area contributed by atoms with Crippen molar-refractivity contribution in [3.05, 3.63) is 0 Å². The van der Waals surface area contributed by atoms with Gasteiger partial charge >= 0.3 is 0 Å². The molecule has 4 nitrogen and oxygen atoms in total. The molecule has 2 N–H and O–H groups in total. The van der Waals surface area contributed by atoms with E-state index in [4.69, 9.17) is 5.73 Å². The van der Waals surface area contributed by atoms with Crippen LogP contribution in [0.25, 0.3) is 0 Å². The summed E-state index contributed by atoms with van der Waals surface area (Å²) in [6.45, 7) is 5.13. The number of rotatable bonds is 2. The van der Waals surface area contributed by atoms with Crippen LogP contribution < -0.4 is 5.73 Å². The van der Waals surface area contributed by atoms with Crippen LogP contribution in [0.4, 0.5) is 0 Å². The third kappa shape index (κ3) is 2.47. The van der Waals surface area contributed by atoms with E-state index >= 15 is 0 Å². The quantitative estimate of drug-likeness (QED) is 0.696. The molecule has 14 heavy (non-hydrogen) atoms. The maximum atomic E-state index is 11.6. The zero-order valence-corrected chi connectivity index (χ0v) is 8.82. The fourth-order valence-corrected chi connectivity index (χ4v) is 1.75. The molecule has 1 aliphatic rings. The van der Waals surface area contributed by atoms with Crippen molar-refractivity contribution < 1.29 is 9.59 Å². The molecular weight excluding hydrogens is 180 g/mol. The first-order valence-electron chi connectivity index (χ1n) is 5.10. The van der Waals surface area contributed by atoms with Crippen molar-refractivity contribution >= 4 is 11.8 Å². The average molecular weight is 198 g/mol. The Morgan fingerprint density at radius 1 is 1.29 bits per heavy atom. The van der Waals surface area contributed by atoms with Crippen LogP contribution in [0.2, 0.25) is 0 Å². The number of carbonyl (C=O) groups excluding carboxylic acids is 2. The summed E-state index contributed by atoms with van der Waals surface area (Å²) in [5.41, 5.74) is 5.21. The minimum atomic E-state index is -0.235. The molecular formula is C10H18N2O2. The van der Waals surface area contributed by atoms with Crippen LogP contribution >= 0.6 is 0 Å². The first kappa shape index (κ1) is 11.0. The number of hydrogen-bond acceptors (Lipinski definition) is 2. The molecule has 1 aliphatic heterocycles. The summed E-state index contributed by atoms with van der Waals surface area (Å²) in [6.07, 6.45) is 1.43. The highest BCUT2D eigenvalue weighted by Crippen LogP contribution is 2.18. The highest BCUT2D eigenvalue weighted by atomic mass is 16.2. The van der Waals surface area contributed by atoms with Crippen molar-refractivity contribution in [1.29, 1.82) is 0 Å². The molecule has 1 rings (SSSR count). The maximum absolute atomic E-state index is 11.6. The largest absolute Gasteiger partial charge is 0.369 e. The molecule has 0 atom stereocenters. The van der Waals surface area contributed by atoms with Crippen molar-refractivity contribution in [1.82, 2.24) is 4.90 Å². The minimum absolute atomic E-state index is 0.0359. The lowest BCUT2D eigenvalue weighted by atomic mass is 9.95. The van der Waals surface area contributed by atoms with Gasteiger partial charge in [0.1, 0.15) is 0 Å². The minimum Gasteiger partial charge on any atom is -0.369 e. The smallest absolute Gasteiger partial charge is 0.225 e. The molecule has 1 saturated heterocycles. The molecule has 0 spiro atoms. The van der Waals surface area contributed by atoms with Crippen LogP contribution in [0.15, 0.2) is 0 Å². The third-order valence-electron chi connectivity index (χ3n) is 2.70. The van der Waals surface area contributed by atoms with E-state index in [2.05, 4.69) is 0 Å². The zero-order chi connectivity index (χ0) is 10.7. The monoisotopic (exact) mass is 198 g/mol. The first-order valence-corrected chi connectivity index (χ1v) is 5.10. The van der Waals surface area contributed by atoms with Gasteiger partial charge in [0.25, 0.3) is 0 Å². The molecule has 0 aromatic carbocycles. The number of amides is 2. The fraction of sp³-hybridized carbons (Fsp3) is 0.800. The van der Waals surface area contributed by atoms with E-state index in [1.165, 1.54) is 0 Å². The molecule has 0 saturated carbocycles. The Hall–Kier alpha value is -1.06. The summed E-state index contributed by atoms with van der Waals surface area (Å²) < 4.78 is 0. The van der Waals surface area contributed by atoms with Crippen molar-refractivity contribution in [3.8, 4) is 0 Å². The van der Waals surface area contributed by atoms with Crippen LogP contribution in [0, 0.1) is 11.8 Å². The predicted octanol–water partition coefficient (Wildman–Crippen LogP) is 0.366. The van der Waals surface area contributed by atoms with E-state index in [1.54, 1.807) is 0 Å². The number of nitrogens with zero attached hydrogens (tertiary/aromatic N) is 1. The Morgan fingerprint density at radius 2 is 1.79 bits per heavy atom. The van der Waals surface area contributed by atoms with E-state index < -0.39 is 0 Å². The highest BCUT2D eigenvalue weighted by Gasteiger charge is 2.26. The first-order chi connectivity index (χ1) is 6.52. The average Bonchev–Trinajstić information content (AvgIpc) is 2.16. The van der Waals surface area contributed by atoms with Gasteiger partial charge in [0.05, 0.1) is 0 Å². The van der Waals surface area contributed by atoms with Crippen LogP contribution in [-0.4, -0.2) is 29.8 Å². The van der Waals surface area contributed by atoms with Crippen LogP contribution in [-0.2, 0) is 9.59 Å². The van der Waals surface area contributed by atoms with Crippen molar-refractivity contribution in [2.75, 3.05) is 13.1 Å². The molecule has 4 heteroatoms. The van der Waals surface area contributed by atoms with E-state index in [0.29, 0.717) is 25.9 Å². The molecule has 0 aromatic heterocycles. The molecule has 0 bridgehead atoms. The Labute approximate surface area is 84.4 Å². The molecule has 2 amide bonds. The lowest BCUT2D eigenvalue weighted by Gasteiger charge is -2.31. The summed E-state index contributed by atoms with van der Waals surface area (Å²) >= 11 is 0. The molecule has 1 fully saturated rings. The number of carbonyl (C=O) groups is 2. The summed E-state index contributed by atoms with van der Waals surface area (Å²) in [5.74, 6) is -0.0547. The van der Waals surface area contributed by atoms with Gasteiger partial charge in [0.2, 0.25) is 11.8 Å². The van der Waals surface area contributed by atoms with E-state index in [0.717, 1.165) is 0 Å². The summed E-state index contributed by atoms with van der Waals surface area (Å²) in [5, 5.41) is 0. The predicted molar refractivity (Wildman–Crippen MR) is 53.3 cm³/mol. The van der Waals surface area contributed by atoms with Crippen LogP contribution in [0.5, 0.6) is 0 Å². The summed E-state index contributed by atoms with van der Waals surface area (Å²) in [6, 6.07) is 0. The third-order valence-corrected chi connectivity index (χ3v) is 2.70. The number of nitrogens with two attached hydrogens (primary N) is 1. The van der Waals surface area contributed by atoms with Crippen LogP contribution in [0.3, 0.4) is 0 Å². The maximum Gasteiger partial charge on any atom is 0.225 e. The van der Waals surface area contributed by atoms with E-state index in [9.17, 15) is 9.59 Å². The number of hydrogen-bond donors (Lipinski definition) is 1. The fourth-order valence-electron chi connectivity index (χ4n) is 1.75. The molecule has 0 unspecified atom stereocenters. The van der Waals surface area contributed by atoms with Crippen molar-refractivity contribution in [2.45, 2.75) is 26.7 Å². The Balaban J connectivity index is 2.43. The van der Waals surface area contributed by atoms with Crippen LogP contribution in [0.1, 0.15) is 26.7 Å². The summed E-state index contributed by atoms with van der Waals surface area (Å²) in [7, 11) is 0. The lowest BCUT2D eigenvalue weighted by molar-refractivity contribution is -0.137. The second-order valence-electron chi connectivity index (χ2n) is 4.16. The van der Waals surface area contributed by atoms with Crippen molar-refractivity contribution in [3.63, 3.8) is 0 Å². The normalized spacial score (nSPS) is 18.6. The molecule has 0 aromatic rings. The molecule has 0 aliphatic carbocycles. The van der Waals surface area contributed by atoms with Gasteiger partial charge in [-0.2, -0.15) is 0 Å². The Bertz CT molecular complexity index is 230. The lowest BCUT2D eigenvalue weighted by Crippen LogP contribution is -2.43. The van der Waals surface area contributed by atoms with Gasteiger partial charge < -0.3 is 10.6 Å². The van der Waals surface area contributed by atoms with Gasteiger partial charge in [-0.1, -0.05) is 13.8 Å². The number of primary amides is 1. The molecule has 80 valence electrons. The standard InChI is InChI=1S/C10H18N2O2/c1-7(2)10(14)12-5-3-8(4-6-12)9(11)13/h7-8H,3-6H2,1-2H3,(H2,11,13). The topological polar surface area (TPSA) is 63.4 Å². The Kier molecular flexibility index (Phi) is 3.49. The summed E-state index contributed by atoms with van der Waals surface area (Å²) in [4.78, 5) is 24.3. The SMILES string of the molecule is CC(C)C(=O)N1CCC(C(N)=O)CC1. The highest BCUT2D eigenvalue weighted by molar-refractivity contribution is 5.79. The van der Waals surface area contributed by atoms with Gasteiger partial charge in [-0.3, -0.25) is 9.59 Å². The second-order valence-corrected chi connectivity index (χ2v) is 4.16. The van der Waals surface area contributed by atoms with Gasteiger partial charge in [0, 0.05) is 24.9 Å². The van der Waals surface area contributed by atoms with E-state index in [1.807, 2.05) is 18.7 Å². The van der Waals surface area contributed by atoms with Gasteiger partial charge in [-0.15, -0.1) is 0 Å². The Morgan fingerprint density at radius 3 is 2.14 bits per heavy atom. The van der Waals surface area contributed by atoms with Crippen molar-refractivity contribution in [2.24, 2.45) is 17.6 Å². The molecule has 0 radical (unpaired) electrons. The number of likely N-dealkylation sites (tertiary alicyclic amines) is 1.